The molecule has 1 N–H and O–H groups in total. The van der Waals surface area contributed by atoms with Crippen LogP contribution in [0.2, 0.25) is 0 Å². The third kappa shape index (κ3) is 5.65. The summed E-state index contributed by atoms with van der Waals surface area (Å²) in [7, 11) is -3.81. The van der Waals surface area contributed by atoms with Gasteiger partial charge in [-0.05, 0) is 69.1 Å². The van der Waals surface area contributed by atoms with E-state index in [1.807, 2.05) is 11.4 Å². The molecular weight excluding hydrogens is 468 g/mol. The van der Waals surface area contributed by atoms with E-state index < -0.39 is 10.0 Å². The van der Waals surface area contributed by atoms with Crippen LogP contribution < -0.4 is 9.62 Å². The molecule has 34 heavy (non-hydrogen) atoms. The van der Waals surface area contributed by atoms with E-state index in [9.17, 15) is 13.2 Å². The first kappa shape index (κ1) is 24.4. The van der Waals surface area contributed by atoms with Crippen LogP contribution in [0.1, 0.15) is 42.7 Å². The van der Waals surface area contributed by atoms with Crippen molar-refractivity contribution in [1.29, 1.82) is 0 Å². The largest absolute Gasteiger partial charge is 0.298 e. The summed E-state index contributed by atoms with van der Waals surface area (Å²) in [6.45, 7) is 7.26. The highest BCUT2D eigenvalue weighted by Crippen LogP contribution is 2.25. The number of nitrogens with one attached hydrogen (secondary N) is 1. The van der Waals surface area contributed by atoms with Crippen molar-refractivity contribution in [1.82, 2.24) is 9.88 Å². The number of sulfonamides is 1. The quantitative estimate of drug-likeness (QED) is 0.480. The summed E-state index contributed by atoms with van der Waals surface area (Å²) in [5.74, 6) is 0.394. The third-order valence-corrected chi connectivity index (χ3v) is 8.76. The normalized spacial score (nSPS) is 15.2. The zero-order chi connectivity index (χ0) is 24.1. The van der Waals surface area contributed by atoms with Crippen LogP contribution in [0.4, 0.5) is 10.8 Å². The van der Waals surface area contributed by atoms with E-state index in [-0.39, 0.29) is 22.9 Å². The molecule has 1 fully saturated rings. The third-order valence-electron chi connectivity index (χ3n) is 6.05. The van der Waals surface area contributed by atoms with Gasteiger partial charge < -0.3 is 0 Å². The second kappa shape index (κ2) is 10.7. The van der Waals surface area contributed by atoms with Crippen LogP contribution >= 0.6 is 11.3 Å². The molecule has 0 saturated carbocycles. The van der Waals surface area contributed by atoms with Gasteiger partial charge in [-0.3, -0.25) is 19.3 Å². The van der Waals surface area contributed by atoms with Crippen molar-refractivity contribution < 1.29 is 13.2 Å². The van der Waals surface area contributed by atoms with E-state index in [1.165, 1.54) is 40.6 Å². The molecule has 1 aliphatic heterocycles. The zero-order valence-corrected chi connectivity index (χ0v) is 21.1. The minimum absolute atomic E-state index is 0.0741. The number of para-hydroxylation sites is 1. The molecule has 2 aromatic carbocycles. The van der Waals surface area contributed by atoms with Crippen molar-refractivity contribution in [2.45, 2.75) is 38.1 Å². The van der Waals surface area contributed by atoms with Crippen molar-refractivity contribution in [3.05, 3.63) is 71.2 Å². The first-order chi connectivity index (χ1) is 16.4. The summed E-state index contributed by atoms with van der Waals surface area (Å²) in [4.78, 5) is 19.9. The number of likely N-dealkylation sites (tertiary alicyclic amines) is 1. The van der Waals surface area contributed by atoms with Gasteiger partial charge in [0.1, 0.15) is 0 Å². The minimum atomic E-state index is -3.81. The molecule has 0 aliphatic carbocycles. The van der Waals surface area contributed by atoms with Gasteiger partial charge in [0.05, 0.1) is 16.3 Å². The zero-order valence-electron chi connectivity index (χ0n) is 19.5. The second-order valence-electron chi connectivity index (χ2n) is 8.59. The number of anilines is 2. The number of hydrogen-bond acceptors (Lipinski definition) is 6. The van der Waals surface area contributed by atoms with Gasteiger partial charge in [-0.2, -0.15) is 0 Å². The first-order valence-corrected chi connectivity index (χ1v) is 13.8. The molecule has 3 aromatic rings. The molecule has 9 heteroatoms. The summed E-state index contributed by atoms with van der Waals surface area (Å²) < 4.78 is 27.9. The summed E-state index contributed by atoms with van der Waals surface area (Å²) in [5.41, 5.74) is 1.79. The molecule has 1 aromatic heterocycles. The van der Waals surface area contributed by atoms with E-state index in [4.69, 9.17) is 0 Å². The lowest BCUT2D eigenvalue weighted by Gasteiger charge is -2.29. The Kier molecular flexibility index (Phi) is 7.65. The van der Waals surface area contributed by atoms with Gasteiger partial charge in [0.25, 0.3) is 15.9 Å². The van der Waals surface area contributed by atoms with Gasteiger partial charge in [0, 0.05) is 24.0 Å². The molecular formula is C25H30N4O3S2. The molecule has 0 unspecified atom stereocenters. The fraction of sp³-hybridized carbons (Fsp3) is 0.360. The predicted molar refractivity (Wildman–Crippen MR) is 137 cm³/mol. The number of carbonyl (C=O) groups excluding carboxylic acids is 1. The number of piperidine rings is 1. The second-order valence-corrected chi connectivity index (χ2v) is 11.3. The number of rotatable bonds is 8. The van der Waals surface area contributed by atoms with Gasteiger partial charge in [-0.1, -0.05) is 31.2 Å². The Labute approximate surface area is 205 Å². The molecule has 0 bridgehead atoms. The van der Waals surface area contributed by atoms with Crippen molar-refractivity contribution in [2.24, 2.45) is 5.92 Å². The number of nitrogens with zero attached hydrogens (tertiary/aromatic N) is 3. The lowest BCUT2D eigenvalue weighted by molar-refractivity contribution is 0.102. The molecule has 1 amide bonds. The van der Waals surface area contributed by atoms with E-state index in [0.717, 1.165) is 31.2 Å². The summed E-state index contributed by atoms with van der Waals surface area (Å²) in [5, 5.41) is 5.30. The van der Waals surface area contributed by atoms with Crippen LogP contribution in [-0.2, 0) is 16.6 Å². The SMILES string of the molecule is CCN(c1ccccc1)S(=O)(=O)c1cccc(C(=O)Nc2nc(CN3CCC(C)CC3)cs2)c1. The number of hydrogen-bond donors (Lipinski definition) is 1. The number of aromatic nitrogens is 1. The first-order valence-electron chi connectivity index (χ1n) is 11.5. The van der Waals surface area contributed by atoms with E-state index in [0.29, 0.717) is 10.8 Å². The fourth-order valence-electron chi connectivity index (χ4n) is 4.07. The Morgan fingerprint density at radius 1 is 1.15 bits per heavy atom. The maximum atomic E-state index is 13.3. The maximum absolute atomic E-state index is 13.3. The lowest BCUT2D eigenvalue weighted by atomic mass is 9.99. The van der Waals surface area contributed by atoms with Crippen LogP contribution in [-0.4, -0.2) is 43.8 Å². The monoisotopic (exact) mass is 498 g/mol. The highest BCUT2D eigenvalue weighted by atomic mass is 32.2. The molecule has 180 valence electrons. The van der Waals surface area contributed by atoms with Crippen LogP contribution in [0, 0.1) is 5.92 Å². The molecule has 1 aliphatic rings. The van der Waals surface area contributed by atoms with Crippen molar-refractivity contribution in [2.75, 3.05) is 29.3 Å². The molecule has 0 spiro atoms. The highest BCUT2D eigenvalue weighted by molar-refractivity contribution is 7.92. The Morgan fingerprint density at radius 3 is 2.59 bits per heavy atom. The van der Waals surface area contributed by atoms with Gasteiger partial charge in [-0.15, -0.1) is 11.3 Å². The Balaban J connectivity index is 1.45. The summed E-state index contributed by atoms with van der Waals surface area (Å²) in [6, 6.07) is 15.1. The van der Waals surface area contributed by atoms with Crippen molar-refractivity contribution in [3.63, 3.8) is 0 Å². The number of amides is 1. The predicted octanol–water partition coefficient (Wildman–Crippen LogP) is 4.84. The number of benzene rings is 2. The van der Waals surface area contributed by atoms with E-state index in [1.54, 1.807) is 43.3 Å². The number of carbonyl (C=O) groups is 1. The van der Waals surface area contributed by atoms with Gasteiger partial charge in [0.2, 0.25) is 0 Å². The van der Waals surface area contributed by atoms with E-state index in [2.05, 4.69) is 22.1 Å². The molecule has 1 saturated heterocycles. The van der Waals surface area contributed by atoms with Gasteiger partial charge >= 0.3 is 0 Å². The Bertz CT molecular complexity index is 1220. The van der Waals surface area contributed by atoms with Crippen LogP contribution in [0.15, 0.2) is 64.9 Å². The Hall–Kier alpha value is -2.75. The van der Waals surface area contributed by atoms with Gasteiger partial charge in [-0.25, -0.2) is 13.4 Å². The number of thiazole rings is 1. The van der Waals surface area contributed by atoms with E-state index >= 15 is 0 Å². The minimum Gasteiger partial charge on any atom is -0.298 e. The van der Waals surface area contributed by atoms with Crippen molar-refractivity contribution in [3.8, 4) is 0 Å². The summed E-state index contributed by atoms with van der Waals surface area (Å²) >= 11 is 1.38. The smallest absolute Gasteiger partial charge is 0.264 e. The average Bonchev–Trinajstić information content (AvgIpc) is 3.28. The molecule has 0 radical (unpaired) electrons. The molecule has 7 nitrogen and oxygen atoms in total. The van der Waals surface area contributed by atoms with Crippen LogP contribution in [0.5, 0.6) is 0 Å². The molecule has 2 heterocycles. The topological polar surface area (TPSA) is 82.6 Å². The highest BCUT2D eigenvalue weighted by Gasteiger charge is 2.24. The van der Waals surface area contributed by atoms with Crippen molar-refractivity contribution >= 4 is 38.1 Å². The molecule has 0 atom stereocenters. The lowest BCUT2D eigenvalue weighted by Crippen LogP contribution is -2.32. The standard InChI is InChI=1S/C25H30N4O3S2/c1-3-29(22-9-5-4-6-10-22)34(31,32)23-11-7-8-20(16-23)24(30)27-25-26-21(18-33-25)17-28-14-12-19(2)13-15-28/h4-11,16,18-19H,3,12-15,17H2,1-2H3,(H,26,27,30). The Morgan fingerprint density at radius 2 is 1.88 bits per heavy atom. The average molecular weight is 499 g/mol. The van der Waals surface area contributed by atoms with Crippen LogP contribution in [0.25, 0.3) is 0 Å². The van der Waals surface area contributed by atoms with Crippen LogP contribution in [0.3, 0.4) is 0 Å². The van der Waals surface area contributed by atoms with Gasteiger partial charge in [0.15, 0.2) is 5.13 Å². The molecule has 4 rings (SSSR count). The summed E-state index contributed by atoms with van der Waals surface area (Å²) in [6.07, 6.45) is 2.40. The maximum Gasteiger partial charge on any atom is 0.264 e. The fourth-order valence-corrected chi connectivity index (χ4v) is 6.28.